The van der Waals surface area contributed by atoms with Gasteiger partial charge in [-0.15, -0.1) is 0 Å². The highest BCUT2D eigenvalue weighted by Gasteiger charge is 2.28. The van der Waals surface area contributed by atoms with Gasteiger partial charge in [0, 0.05) is 13.1 Å². The number of morpholine rings is 1. The first-order valence-corrected chi connectivity index (χ1v) is 7.43. The lowest BCUT2D eigenvalue weighted by Gasteiger charge is -2.37. The molecule has 0 amide bonds. The normalized spacial score (nSPS) is 21.6. The minimum Gasteiger partial charge on any atom is -0.497 e. The minimum atomic E-state index is 0.187. The highest BCUT2D eigenvalue weighted by Crippen LogP contribution is 2.25. The van der Waals surface area contributed by atoms with E-state index in [2.05, 4.69) is 29.3 Å². The molecule has 2 rings (SSSR count). The maximum atomic E-state index is 5.99. The largest absolute Gasteiger partial charge is 0.497 e. The molecule has 0 spiro atoms. The Morgan fingerprint density at radius 3 is 3.05 bits per heavy atom. The summed E-state index contributed by atoms with van der Waals surface area (Å²) in [5.41, 5.74) is 1.22. The maximum Gasteiger partial charge on any atom is 0.119 e. The Morgan fingerprint density at radius 2 is 2.35 bits per heavy atom. The molecule has 1 aliphatic heterocycles. The molecule has 1 heterocycles. The number of rotatable bonds is 6. The molecule has 1 aromatic rings. The van der Waals surface area contributed by atoms with Crippen LogP contribution in [0.25, 0.3) is 0 Å². The van der Waals surface area contributed by atoms with Crippen LogP contribution in [0.1, 0.15) is 24.9 Å². The molecule has 112 valence electrons. The molecule has 0 aliphatic carbocycles. The summed E-state index contributed by atoms with van der Waals surface area (Å²) < 4.78 is 11.3. The van der Waals surface area contributed by atoms with E-state index in [0.717, 1.165) is 32.0 Å². The number of hydrogen-bond donors (Lipinski definition) is 1. The van der Waals surface area contributed by atoms with Crippen molar-refractivity contribution in [2.45, 2.75) is 25.5 Å². The van der Waals surface area contributed by atoms with Gasteiger partial charge in [-0.2, -0.15) is 0 Å². The summed E-state index contributed by atoms with van der Waals surface area (Å²) in [6, 6.07) is 8.42. The maximum absolute atomic E-state index is 5.99. The van der Waals surface area contributed by atoms with Crippen molar-refractivity contribution in [1.82, 2.24) is 10.2 Å². The number of nitrogens with one attached hydrogen (secondary N) is 1. The van der Waals surface area contributed by atoms with Crippen LogP contribution < -0.4 is 10.1 Å². The molecule has 1 N–H and O–H groups in total. The first kappa shape index (κ1) is 15.3. The first-order valence-electron chi connectivity index (χ1n) is 7.43. The van der Waals surface area contributed by atoms with E-state index >= 15 is 0 Å². The van der Waals surface area contributed by atoms with E-state index in [1.165, 1.54) is 12.0 Å². The first-order chi connectivity index (χ1) is 9.78. The van der Waals surface area contributed by atoms with Crippen LogP contribution in [0.4, 0.5) is 0 Å². The third kappa shape index (κ3) is 3.72. The molecular formula is C16H26N2O2. The zero-order chi connectivity index (χ0) is 14.4. The summed E-state index contributed by atoms with van der Waals surface area (Å²) in [6.45, 7) is 6.21. The summed E-state index contributed by atoms with van der Waals surface area (Å²) in [5.74, 6) is 0.893. The SMILES string of the molecule is CCCN1CCOC(C(NC)c2cccc(OC)c2)C1. The molecule has 0 bridgehead atoms. The zero-order valence-electron chi connectivity index (χ0n) is 12.8. The van der Waals surface area contributed by atoms with Crippen LogP contribution in [0.5, 0.6) is 5.75 Å². The van der Waals surface area contributed by atoms with Crippen LogP contribution in [0.2, 0.25) is 0 Å². The summed E-state index contributed by atoms with van der Waals surface area (Å²) in [7, 11) is 3.69. The zero-order valence-corrected chi connectivity index (χ0v) is 12.8. The Labute approximate surface area is 122 Å². The molecule has 4 nitrogen and oxygen atoms in total. The monoisotopic (exact) mass is 278 g/mol. The van der Waals surface area contributed by atoms with Crippen molar-refractivity contribution >= 4 is 0 Å². The van der Waals surface area contributed by atoms with Crippen molar-refractivity contribution in [2.24, 2.45) is 0 Å². The van der Waals surface area contributed by atoms with Crippen LogP contribution >= 0.6 is 0 Å². The van der Waals surface area contributed by atoms with Gasteiger partial charge in [-0.3, -0.25) is 4.90 Å². The van der Waals surface area contributed by atoms with E-state index in [1.54, 1.807) is 7.11 Å². The summed E-state index contributed by atoms with van der Waals surface area (Å²) in [4.78, 5) is 2.48. The van der Waals surface area contributed by atoms with Gasteiger partial charge in [0.2, 0.25) is 0 Å². The Hall–Kier alpha value is -1.10. The number of likely N-dealkylation sites (N-methyl/N-ethyl adjacent to an activating group) is 1. The van der Waals surface area contributed by atoms with Crippen LogP contribution in [-0.4, -0.2) is 51.4 Å². The molecule has 2 unspecified atom stereocenters. The molecule has 1 aliphatic rings. The van der Waals surface area contributed by atoms with Gasteiger partial charge in [0.05, 0.1) is 25.9 Å². The van der Waals surface area contributed by atoms with Gasteiger partial charge >= 0.3 is 0 Å². The van der Waals surface area contributed by atoms with Gasteiger partial charge in [-0.05, 0) is 37.7 Å². The van der Waals surface area contributed by atoms with Crippen molar-refractivity contribution in [2.75, 3.05) is 40.4 Å². The van der Waals surface area contributed by atoms with E-state index in [0.29, 0.717) is 0 Å². The Morgan fingerprint density at radius 1 is 1.50 bits per heavy atom. The minimum absolute atomic E-state index is 0.187. The lowest BCUT2D eigenvalue weighted by Crippen LogP contribution is -2.47. The summed E-state index contributed by atoms with van der Waals surface area (Å²) in [6.07, 6.45) is 1.38. The van der Waals surface area contributed by atoms with E-state index in [4.69, 9.17) is 9.47 Å². The fourth-order valence-electron chi connectivity index (χ4n) is 2.85. The third-order valence-electron chi connectivity index (χ3n) is 3.85. The van der Waals surface area contributed by atoms with Crippen molar-refractivity contribution in [3.05, 3.63) is 29.8 Å². The Kier molecular flexibility index (Phi) is 5.83. The van der Waals surface area contributed by atoms with Crippen molar-refractivity contribution in [3.8, 4) is 5.75 Å². The molecule has 4 heteroatoms. The van der Waals surface area contributed by atoms with Crippen LogP contribution in [0, 0.1) is 0 Å². The molecule has 1 aromatic carbocycles. The van der Waals surface area contributed by atoms with Crippen LogP contribution in [0.15, 0.2) is 24.3 Å². The second-order valence-corrected chi connectivity index (χ2v) is 5.25. The topological polar surface area (TPSA) is 33.7 Å². The van der Waals surface area contributed by atoms with Crippen LogP contribution in [-0.2, 0) is 4.74 Å². The van der Waals surface area contributed by atoms with Crippen molar-refractivity contribution in [1.29, 1.82) is 0 Å². The quantitative estimate of drug-likeness (QED) is 0.863. The van der Waals surface area contributed by atoms with Gasteiger partial charge < -0.3 is 14.8 Å². The second-order valence-electron chi connectivity index (χ2n) is 5.25. The highest BCUT2D eigenvalue weighted by atomic mass is 16.5. The smallest absolute Gasteiger partial charge is 0.119 e. The van der Waals surface area contributed by atoms with E-state index < -0.39 is 0 Å². The summed E-state index contributed by atoms with van der Waals surface area (Å²) in [5, 5.41) is 3.39. The molecule has 1 fully saturated rings. The fraction of sp³-hybridized carbons (Fsp3) is 0.625. The van der Waals surface area contributed by atoms with E-state index in [-0.39, 0.29) is 12.1 Å². The average molecular weight is 278 g/mol. The molecule has 0 radical (unpaired) electrons. The lowest BCUT2D eigenvalue weighted by atomic mass is 9.99. The predicted molar refractivity (Wildman–Crippen MR) is 81.3 cm³/mol. The number of benzene rings is 1. The van der Waals surface area contributed by atoms with Gasteiger partial charge in [-0.1, -0.05) is 19.1 Å². The molecule has 2 atom stereocenters. The molecule has 0 aromatic heterocycles. The summed E-state index contributed by atoms with van der Waals surface area (Å²) >= 11 is 0. The van der Waals surface area contributed by atoms with Crippen molar-refractivity contribution < 1.29 is 9.47 Å². The molecular weight excluding hydrogens is 252 g/mol. The second kappa shape index (κ2) is 7.62. The van der Waals surface area contributed by atoms with Gasteiger partial charge in [0.1, 0.15) is 5.75 Å². The Bertz CT molecular complexity index is 409. The number of methoxy groups -OCH3 is 1. The standard InChI is InChI=1S/C16H26N2O2/c1-4-8-18-9-10-20-15(12-18)16(17-2)13-6-5-7-14(11-13)19-3/h5-7,11,15-17H,4,8-10,12H2,1-3H3. The molecule has 20 heavy (non-hydrogen) atoms. The van der Waals surface area contributed by atoms with Crippen molar-refractivity contribution in [3.63, 3.8) is 0 Å². The number of hydrogen-bond acceptors (Lipinski definition) is 4. The van der Waals surface area contributed by atoms with Gasteiger partial charge in [0.15, 0.2) is 0 Å². The van der Waals surface area contributed by atoms with E-state index in [9.17, 15) is 0 Å². The number of ether oxygens (including phenoxy) is 2. The number of nitrogens with zero attached hydrogens (tertiary/aromatic N) is 1. The van der Waals surface area contributed by atoms with Gasteiger partial charge in [0.25, 0.3) is 0 Å². The lowest BCUT2D eigenvalue weighted by molar-refractivity contribution is -0.0459. The van der Waals surface area contributed by atoms with Crippen LogP contribution in [0.3, 0.4) is 0 Å². The van der Waals surface area contributed by atoms with Gasteiger partial charge in [-0.25, -0.2) is 0 Å². The average Bonchev–Trinajstić information content (AvgIpc) is 2.49. The fourth-order valence-corrected chi connectivity index (χ4v) is 2.85. The van der Waals surface area contributed by atoms with E-state index in [1.807, 2.05) is 19.2 Å². The molecule has 1 saturated heterocycles. The predicted octanol–water partition coefficient (Wildman–Crippen LogP) is 2.07. The molecule has 0 saturated carbocycles. The Balaban J connectivity index is 2.10. The third-order valence-corrected chi connectivity index (χ3v) is 3.85. The highest BCUT2D eigenvalue weighted by molar-refractivity contribution is 5.31.